The van der Waals surface area contributed by atoms with Crippen molar-refractivity contribution in [1.82, 2.24) is 9.88 Å². The summed E-state index contributed by atoms with van der Waals surface area (Å²) in [4.78, 5) is 18.4. The van der Waals surface area contributed by atoms with E-state index in [1.54, 1.807) is 58.2 Å². The molecule has 9 heteroatoms. The van der Waals surface area contributed by atoms with Gasteiger partial charge >= 0.3 is 7.60 Å². The molecule has 1 amide bonds. The quantitative estimate of drug-likeness (QED) is 0.558. The Labute approximate surface area is 177 Å². The maximum absolute atomic E-state index is 13.7. The number of nitrogens with zero attached hydrogens (tertiary/aromatic N) is 2. The first-order valence-electron chi connectivity index (χ1n) is 9.70. The van der Waals surface area contributed by atoms with Crippen LogP contribution in [0.2, 0.25) is 0 Å². The lowest BCUT2D eigenvalue weighted by atomic mass is 10.1. The number of pyridine rings is 1. The lowest BCUT2D eigenvalue weighted by molar-refractivity contribution is 0.0784. The zero-order valence-corrected chi connectivity index (χ0v) is 18.9. The van der Waals surface area contributed by atoms with E-state index in [1.807, 2.05) is 0 Å². The predicted molar refractivity (Wildman–Crippen MR) is 114 cm³/mol. The minimum atomic E-state index is -3.65. The van der Waals surface area contributed by atoms with Gasteiger partial charge in [-0.3, -0.25) is 14.3 Å². The van der Waals surface area contributed by atoms with Gasteiger partial charge in [-0.1, -0.05) is 12.1 Å². The van der Waals surface area contributed by atoms with Crippen molar-refractivity contribution < 1.29 is 28.3 Å². The second-order valence-corrected chi connectivity index (χ2v) is 8.90. The van der Waals surface area contributed by atoms with E-state index in [0.29, 0.717) is 11.1 Å². The average molecular weight is 436 g/mol. The number of carbonyl (C=O) groups excluding carboxylic acids is 1. The van der Waals surface area contributed by atoms with E-state index >= 15 is 0 Å². The highest BCUT2D eigenvalue weighted by atomic mass is 31.2. The van der Waals surface area contributed by atoms with Crippen molar-refractivity contribution in [1.29, 1.82) is 0 Å². The number of hydrogen-bond acceptors (Lipinski definition) is 7. The molecule has 1 heterocycles. The van der Waals surface area contributed by atoms with Crippen LogP contribution in [0.4, 0.5) is 0 Å². The molecule has 1 aromatic carbocycles. The van der Waals surface area contributed by atoms with Crippen LogP contribution in [-0.2, 0) is 13.6 Å². The molecule has 0 aliphatic rings. The van der Waals surface area contributed by atoms with Crippen molar-refractivity contribution in [3.63, 3.8) is 0 Å². The Morgan fingerprint density at radius 3 is 2.43 bits per heavy atom. The van der Waals surface area contributed by atoms with E-state index in [9.17, 15) is 14.5 Å². The fraction of sp³-hybridized carbons (Fsp3) is 0.429. The van der Waals surface area contributed by atoms with Crippen LogP contribution in [0.1, 0.15) is 41.1 Å². The van der Waals surface area contributed by atoms with Crippen molar-refractivity contribution in [3.05, 3.63) is 53.3 Å². The minimum absolute atomic E-state index is 0.000527. The van der Waals surface area contributed by atoms with E-state index in [-0.39, 0.29) is 42.9 Å². The van der Waals surface area contributed by atoms with Crippen molar-refractivity contribution in [2.45, 2.75) is 26.4 Å². The number of methoxy groups -OCH3 is 1. The fourth-order valence-electron chi connectivity index (χ4n) is 3.11. The molecule has 0 bridgehead atoms. The molecule has 164 valence electrons. The zero-order valence-electron chi connectivity index (χ0n) is 18.0. The Hall–Kier alpha value is -2.41. The maximum Gasteiger partial charge on any atom is 0.339 e. The van der Waals surface area contributed by atoms with E-state index in [0.717, 1.165) is 0 Å². The topological polar surface area (TPSA) is 98.2 Å². The van der Waals surface area contributed by atoms with E-state index in [2.05, 4.69) is 4.98 Å². The number of carbonyl (C=O) groups is 1. The van der Waals surface area contributed by atoms with Crippen LogP contribution in [0, 0.1) is 6.92 Å². The number of phenolic OH excluding ortho intramolecular Hbond substituents is 1. The Morgan fingerprint density at radius 2 is 1.90 bits per heavy atom. The number of ether oxygens (including phenoxy) is 1. The van der Waals surface area contributed by atoms with Crippen LogP contribution in [-0.4, -0.2) is 54.8 Å². The number of likely N-dealkylation sites (N-methyl/N-ethyl adjacent to an activating group) is 1. The summed E-state index contributed by atoms with van der Waals surface area (Å²) in [5, 5.41) is 10.2. The monoisotopic (exact) mass is 436 g/mol. The molecule has 8 nitrogen and oxygen atoms in total. The van der Waals surface area contributed by atoms with Gasteiger partial charge in [-0.2, -0.15) is 0 Å². The minimum Gasteiger partial charge on any atom is -0.504 e. The summed E-state index contributed by atoms with van der Waals surface area (Å²) in [6.45, 7) is 5.59. The molecule has 2 rings (SSSR count). The van der Waals surface area contributed by atoms with Crippen molar-refractivity contribution in [2.75, 3.05) is 33.9 Å². The third kappa shape index (κ3) is 5.39. The molecule has 0 aliphatic carbocycles. The van der Waals surface area contributed by atoms with Crippen LogP contribution < -0.4 is 4.74 Å². The standard InChI is InChI=1S/C21H29N2O6P/c1-6-28-30(26,29-7-2)19(16-12-15(3)20(24)18(13-16)27-5)14-23(4)21(25)17-10-8-9-11-22-17/h8-13,19,24H,6-7,14H2,1-5H3. The smallest absolute Gasteiger partial charge is 0.339 e. The summed E-state index contributed by atoms with van der Waals surface area (Å²) in [6, 6.07) is 8.36. The first-order chi connectivity index (χ1) is 14.3. The Balaban J connectivity index is 2.50. The molecule has 1 atom stereocenters. The molecule has 1 unspecified atom stereocenters. The summed E-state index contributed by atoms with van der Waals surface area (Å²) < 4.78 is 30.1. The highest BCUT2D eigenvalue weighted by Gasteiger charge is 2.39. The van der Waals surface area contributed by atoms with Gasteiger partial charge in [-0.25, -0.2) is 0 Å². The predicted octanol–water partition coefficient (Wildman–Crippen LogP) is 4.18. The van der Waals surface area contributed by atoms with Crippen LogP contribution in [0.25, 0.3) is 0 Å². The van der Waals surface area contributed by atoms with Gasteiger partial charge in [0, 0.05) is 19.8 Å². The summed E-state index contributed by atoms with van der Waals surface area (Å²) in [7, 11) is -0.606. The Kier molecular flexibility index (Phi) is 8.41. The number of amides is 1. The van der Waals surface area contributed by atoms with Crippen LogP contribution >= 0.6 is 7.60 Å². The second kappa shape index (κ2) is 10.6. The van der Waals surface area contributed by atoms with Gasteiger partial charge in [-0.15, -0.1) is 0 Å². The molecule has 0 aliphatic heterocycles. The van der Waals surface area contributed by atoms with Gasteiger partial charge in [0.2, 0.25) is 0 Å². The van der Waals surface area contributed by atoms with Gasteiger partial charge in [0.05, 0.1) is 20.3 Å². The largest absolute Gasteiger partial charge is 0.504 e. The van der Waals surface area contributed by atoms with Crippen LogP contribution in [0.5, 0.6) is 11.5 Å². The number of aromatic hydroxyl groups is 1. The molecular weight excluding hydrogens is 407 g/mol. The first-order valence-corrected chi connectivity index (χ1v) is 11.3. The molecule has 30 heavy (non-hydrogen) atoms. The fourth-order valence-corrected chi connectivity index (χ4v) is 5.23. The molecule has 0 fully saturated rings. The highest BCUT2D eigenvalue weighted by molar-refractivity contribution is 7.54. The Bertz CT molecular complexity index is 896. The van der Waals surface area contributed by atoms with Gasteiger partial charge in [0.15, 0.2) is 11.5 Å². The van der Waals surface area contributed by atoms with Crippen molar-refractivity contribution in [2.24, 2.45) is 0 Å². The van der Waals surface area contributed by atoms with Crippen molar-refractivity contribution >= 4 is 13.5 Å². The Morgan fingerprint density at radius 1 is 1.23 bits per heavy atom. The number of phenols is 1. The molecule has 1 aromatic heterocycles. The molecule has 0 saturated carbocycles. The molecular formula is C21H29N2O6P. The second-order valence-electron chi connectivity index (χ2n) is 6.68. The van der Waals surface area contributed by atoms with Gasteiger partial charge in [-0.05, 0) is 50.1 Å². The third-order valence-corrected chi connectivity index (χ3v) is 7.03. The summed E-state index contributed by atoms with van der Waals surface area (Å²) in [5.41, 5.74) is 0.616. The average Bonchev–Trinajstić information content (AvgIpc) is 2.74. The number of benzene rings is 1. The number of rotatable bonds is 10. The van der Waals surface area contributed by atoms with Crippen LogP contribution in [0.3, 0.4) is 0 Å². The normalized spacial score (nSPS) is 12.4. The molecule has 0 saturated heterocycles. The van der Waals surface area contributed by atoms with Gasteiger partial charge in [0.1, 0.15) is 11.4 Å². The summed E-state index contributed by atoms with van der Waals surface area (Å²) in [5.74, 6) is -0.0727. The van der Waals surface area contributed by atoms with Gasteiger partial charge in [0.25, 0.3) is 5.91 Å². The highest BCUT2D eigenvalue weighted by Crippen LogP contribution is 2.61. The van der Waals surface area contributed by atoms with Crippen LogP contribution in [0.15, 0.2) is 36.5 Å². The summed E-state index contributed by atoms with van der Waals surface area (Å²) >= 11 is 0. The van der Waals surface area contributed by atoms with E-state index < -0.39 is 13.3 Å². The molecule has 1 N–H and O–H groups in total. The SMILES string of the molecule is CCOP(=O)(OCC)C(CN(C)C(=O)c1ccccn1)c1cc(C)c(O)c(OC)c1. The van der Waals surface area contributed by atoms with E-state index in [1.165, 1.54) is 18.2 Å². The van der Waals surface area contributed by atoms with Crippen molar-refractivity contribution in [3.8, 4) is 11.5 Å². The molecule has 2 aromatic rings. The lowest BCUT2D eigenvalue weighted by Gasteiger charge is -2.30. The first kappa shape index (κ1) is 23.9. The summed E-state index contributed by atoms with van der Waals surface area (Å²) in [6.07, 6.45) is 1.54. The maximum atomic E-state index is 13.7. The molecule has 0 radical (unpaired) electrons. The van der Waals surface area contributed by atoms with Gasteiger partial charge < -0.3 is 23.8 Å². The lowest BCUT2D eigenvalue weighted by Crippen LogP contribution is -2.32. The number of aromatic nitrogens is 1. The number of hydrogen-bond donors (Lipinski definition) is 1. The van der Waals surface area contributed by atoms with E-state index in [4.69, 9.17) is 13.8 Å². The molecule has 0 spiro atoms. The number of aryl methyl sites for hydroxylation is 1. The third-order valence-electron chi connectivity index (χ3n) is 4.57. The zero-order chi connectivity index (χ0) is 22.3.